The molecule has 2 amide bonds. The van der Waals surface area contributed by atoms with Gasteiger partial charge in [0.25, 0.3) is 5.91 Å². The van der Waals surface area contributed by atoms with E-state index in [2.05, 4.69) is 13.8 Å². The summed E-state index contributed by atoms with van der Waals surface area (Å²) in [5.41, 5.74) is 6.62. The predicted molar refractivity (Wildman–Crippen MR) is 107 cm³/mol. The molecule has 7 nitrogen and oxygen atoms in total. The second-order valence-electron chi connectivity index (χ2n) is 8.37. The van der Waals surface area contributed by atoms with E-state index in [1.807, 2.05) is 4.90 Å². The Kier molecular flexibility index (Phi) is 5.77. The third kappa shape index (κ3) is 3.65. The number of carbonyl (C=O) groups is 2. The highest BCUT2D eigenvalue weighted by Crippen LogP contribution is 2.34. The molecule has 4 rings (SSSR count). The van der Waals surface area contributed by atoms with E-state index in [9.17, 15) is 9.59 Å². The van der Waals surface area contributed by atoms with Crippen molar-refractivity contribution in [2.45, 2.75) is 45.2 Å². The molecule has 2 N–H and O–H groups in total. The number of rotatable bonds is 2. The first-order chi connectivity index (χ1) is 12.9. The van der Waals surface area contributed by atoms with Gasteiger partial charge >= 0.3 is 0 Å². The average molecular weight is 410 g/mol. The van der Waals surface area contributed by atoms with Gasteiger partial charge in [0, 0.05) is 31.2 Å². The maximum Gasteiger partial charge on any atom is 0.254 e. The fourth-order valence-corrected chi connectivity index (χ4v) is 4.23. The number of benzene rings is 1. The highest BCUT2D eigenvalue weighted by molar-refractivity contribution is 5.98. The summed E-state index contributed by atoms with van der Waals surface area (Å²) in [4.78, 5) is 29.8. The minimum absolute atomic E-state index is 0. The topological polar surface area (TPSA) is 85.1 Å². The number of hydrogen-bond acceptors (Lipinski definition) is 5. The molecule has 8 heteroatoms. The van der Waals surface area contributed by atoms with Crippen LogP contribution < -0.4 is 15.2 Å². The summed E-state index contributed by atoms with van der Waals surface area (Å²) in [6.45, 7) is 6.26. The van der Waals surface area contributed by atoms with Gasteiger partial charge in [0.2, 0.25) is 12.7 Å². The van der Waals surface area contributed by atoms with Crippen LogP contribution in [0.2, 0.25) is 0 Å². The zero-order chi connectivity index (χ0) is 19.2. The molecule has 154 valence electrons. The van der Waals surface area contributed by atoms with Crippen LogP contribution in [-0.4, -0.2) is 60.1 Å². The molecule has 2 atom stereocenters. The van der Waals surface area contributed by atoms with Crippen molar-refractivity contribution in [2.75, 3.05) is 26.4 Å². The van der Waals surface area contributed by atoms with Gasteiger partial charge in [-0.1, -0.05) is 13.8 Å². The predicted octanol–water partition coefficient (Wildman–Crippen LogP) is 2.03. The zero-order valence-corrected chi connectivity index (χ0v) is 17.2. The molecule has 1 aromatic rings. The molecule has 3 heterocycles. The molecule has 2 unspecified atom stereocenters. The summed E-state index contributed by atoms with van der Waals surface area (Å²) in [6, 6.07) is 4.88. The number of piperidine rings is 1. The van der Waals surface area contributed by atoms with Gasteiger partial charge in [-0.15, -0.1) is 12.4 Å². The Labute approximate surface area is 171 Å². The Balaban J connectivity index is 0.00000225. The molecule has 0 aliphatic carbocycles. The lowest BCUT2D eigenvalue weighted by atomic mass is 9.79. The molecule has 28 heavy (non-hydrogen) atoms. The first-order valence-electron chi connectivity index (χ1n) is 9.62. The largest absolute Gasteiger partial charge is 0.454 e. The zero-order valence-electron chi connectivity index (χ0n) is 16.3. The van der Waals surface area contributed by atoms with Gasteiger partial charge in [-0.05, 0) is 42.9 Å². The number of halogens is 1. The van der Waals surface area contributed by atoms with Crippen molar-refractivity contribution in [3.63, 3.8) is 0 Å². The molecule has 2 saturated heterocycles. The fourth-order valence-electron chi connectivity index (χ4n) is 4.23. The Bertz CT molecular complexity index is 770. The van der Waals surface area contributed by atoms with Crippen LogP contribution in [0.3, 0.4) is 0 Å². The Morgan fingerprint density at radius 1 is 1.14 bits per heavy atom. The van der Waals surface area contributed by atoms with E-state index in [0.717, 1.165) is 12.8 Å². The van der Waals surface area contributed by atoms with Crippen LogP contribution in [0, 0.1) is 5.41 Å². The molecule has 0 saturated carbocycles. The van der Waals surface area contributed by atoms with E-state index in [1.54, 1.807) is 23.1 Å². The van der Waals surface area contributed by atoms with E-state index >= 15 is 0 Å². The first kappa shape index (κ1) is 20.7. The Morgan fingerprint density at radius 2 is 1.89 bits per heavy atom. The minimum atomic E-state index is -0.395. The van der Waals surface area contributed by atoms with Crippen molar-refractivity contribution < 1.29 is 19.1 Å². The van der Waals surface area contributed by atoms with Crippen molar-refractivity contribution in [1.29, 1.82) is 0 Å². The second-order valence-corrected chi connectivity index (χ2v) is 8.37. The quantitative estimate of drug-likeness (QED) is 0.807. The highest BCUT2D eigenvalue weighted by Gasteiger charge is 2.41. The number of amides is 2. The maximum absolute atomic E-state index is 13.2. The molecule has 3 aliphatic heterocycles. The second kappa shape index (κ2) is 7.79. The van der Waals surface area contributed by atoms with Gasteiger partial charge in [-0.3, -0.25) is 9.59 Å². The van der Waals surface area contributed by atoms with E-state index in [-0.39, 0.29) is 42.5 Å². The van der Waals surface area contributed by atoms with Crippen LogP contribution in [0.5, 0.6) is 11.5 Å². The number of nitrogens with two attached hydrogens (primary N) is 1. The number of likely N-dealkylation sites (tertiary alicyclic amines) is 2. The van der Waals surface area contributed by atoms with E-state index < -0.39 is 6.04 Å². The maximum atomic E-state index is 13.2. The molecule has 0 radical (unpaired) electrons. The smallest absolute Gasteiger partial charge is 0.254 e. The molecular formula is C20H28ClN3O4. The number of hydrogen-bond donors (Lipinski definition) is 1. The monoisotopic (exact) mass is 409 g/mol. The molecular weight excluding hydrogens is 382 g/mol. The van der Waals surface area contributed by atoms with Crippen LogP contribution >= 0.6 is 12.4 Å². The van der Waals surface area contributed by atoms with Crippen LogP contribution in [-0.2, 0) is 4.79 Å². The van der Waals surface area contributed by atoms with E-state index in [4.69, 9.17) is 15.2 Å². The van der Waals surface area contributed by atoms with E-state index in [1.165, 1.54) is 0 Å². The number of nitrogens with zero attached hydrogens (tertiary/aromatic N) is 2. The van der Waals surface area contributed by atoms with Crippen molar-refractivity contribution in [3.8, 4) is 11.5 Å². The van der Waals surface area contributed by atoms with Gasteiger partial charge in [-0.2, -0.15) is 0 Å². The summed E-state index contributed by atoms with van der Waals surface area (Å²) < 4.78 is 10.7. The highest BCUT2D eigenvalue weighted by atomic mass is 35.5. The molecule has 2 fully saturated rings. The molecule has 0 bridgehead atoms. The number of fused-ring (bicyclic) bond motifs is 1. The van der Waals surface area contributed by atoms with Gasteiger partial charge in [0.1, 0.15) is 6.04 Å². The van der Waals surface area contributed by atoms with Gasteiger partial charge in [-0.25, -0.2) is 0 Å². The first-order valence-corrected chi connectivity index (χ1v) is 9.62. The lowest BCUT2D eigenvalue weighted by molar-refractivity contribution is -0.138. The third-order valence-corrected chi connectivity index (χ3v) is 6.04. The lowest BCUT2D eigenvalue weighted by Crippen LogP contribution is -2.57. The summed E-state index contributed by atoms with van der Waals surface area (Å²) in [7, 11) is 0. The van der Waals surface area contributed by atoms with Gasteiger partial charge in [0.15, 0.2) is 11.5 Å². The Morgan fingerprint density at radius 3 is 2.64 bits per heavy atom. The fraction of sp³-hybridized carbons (Fsp3) is 0.600. The van der Waals surface area contributed by atoms with Crippen molar-refractivity contribution >= 4 is 24.2 Å². The lowest BCUT2D eigenvalue weighted by Gasteiger charge is -2.44. The van der Waals surface area contributed by atoms with Crippen LogP contribution in [0.1, 0.15) is 43.5 Å². The normalized spacial score (nSPS) is 25.4. The third-order valence-electron chi connectivity index (χ3n) is 6.04. The number of ether oxygens (including phenoxy) is 2. The molecule has 1 aromatic carbocycles. The standard InChI is InChI=1S/C20H27N3O4.ClH/c1-20(2)11-22(9-7-17(20)21)19(25)14-4-3-8-23(14)18(24)13-5-6-15-16(10-13)27-12-26-15;/h5-6,10,14,17H,3-4,7-9,11-12,21H2,1-2H3;1H. The van der Waals surface area contributed by atoms with Crippen LogP contribution in [0.4, 0.5) is 0 Å². The van der Waals surface area contributed by atoms with E-state index in [0.29, 0.717) is 43.1 Å². The molecule has 0 aromatic heterocycles. The summed E-state index contributed by atoms with van der Waals surface area (Å²) in [5, 5.41) is 0. The summed E-state index contributed by atoms with van der Waals surface area (Å²) >= 11 is 0. The summed E-state index contributed by atoms with van der Waals surface area (Å²) in [5.74, 6) is 1.14. The van der Waals surface area contributed by atoms with Crippen molar-refractivity contribution in [2.24, 2.45) is 11.1 Å². The minimum Gasteiger partial charge on any atom is -0.454 e. The average Bonchev–Trinajstić information content (AvgIpc) is 3.31. The van der Waals surface area contributed by atoms with Gasteiger partial charge < -0.3 is 25.0 Å². The SMILES string of the molecule is CC1(C)CN(C(=O)C2CCCN2C(=O)c2ccc3c(c2)OCO3)CCC1N.Cl. The van der Waals surface area contributed by atoms with Crippen LogP contribution in [0.15, 0.2) is 18.2 Å². The number of carbonyl (C=O) groups excluding carboxylic acids is 2. The van der Waals surface area contributed by atoms with Crippen molar-refractivity contribution in [1.82, 2.24) is 9.80 Å². The summed E-state index contributed by atoms with van der Waals surface area (Å²) in [6.07, 6.45) is 2.34. The molecule has 0 spiro atoms. The van der Waals surface area contributed by atoms with Gasteiger partial charge in [0.05, 0.1) is 0 Å². The molecule has 3 aliphatic rings. The van der Waals surface area contributed by atoms with Crippen molar-refractivity contribution in [3.05, 3.63) is 23.8 Å². The van der Waals surface area contributed by atoms with Crippen LogP contribution in [0.25, 0.3) is 0 Å². The Hall–Kier alpha value is -1.99.